The van der Waals surface area contributed by atoms with Gasteiger partial charge in [-0.3, -0.25) is 4.90 Å². The molecule has 1 aromatic rings. The van der Waals surface area contributed by atoms with Crippen LogP contribution in [-0.2, 0) is 11.3 Å². The first-order valence-electron chi connectivity index (χ1n) is 5.88. The van der Waals surface area contributed by atoms with Crippen molar-refractivity contribution in [1.82, 2.24) is 10.2 Å². The summed E-state index contributed by atoms with van der Waals surface area (Å²) < 4.78 is 5.43. The Bertz CT molecular complexity index is 302. The van der Waals surface area contributed by atoms with Crippen LogP contribution in [0.15, 0.2) is 30.3 Å². The SMILES string of the molecule is COC1CNCCN(Cc2ccccc2)C1. The van der Waals surface area contributed by atoms with E-state index in [4.69, 9.17) is 4.74 Å². The zero-order chi connectivity index (χ0) is 11.2. The van der Waals surface area contributed by atoms with Crippen molar-refractivity contribution in [3.05, 3.63) is 35.9 Å². The Morgan fingerprint density at radius 2 is 2.19 bits per heavy atom. The Morgan fingerprint density at radius 1 is 1.38 bits per heavy atom. The standard InChI is InChI=1S/C13H20N2O/c1-16-13-9-14-7-8-15(11-13)10-12-5-3-2-4-6-12/h2-6,13-14H,7-11H2,1H3. The number of hydrogen-bond acceptors (Lipinski definition) is 3. The lowest BCUT2D eigenvalue weighted by molar-refractivity contribution is 0.0751. The van der Waals surface area contributed by atoms with Gasteiger partial charge in [0.15, 0.2) is 0 Å². The summed E-state index contributed by atoms with van der Waals surface area (Å²) in [4.78, 5) is 2.45. The fraction of sp³-hybridized carbons (Fsp3) is 0.538. The van der Waals surface area contributed by atoms with E-state index in [2.05, 4.69) is 40.5 Å². The van der Waals surface area contributed by atoms with Crippen molar-refractivity contribution in [1.29, 1.82) is 0 Å². The number of hydrogen-bond donors (Lipinski definition) is 1. The van der Waals surface area contributed by atoms with Crippen molar-refractivity contribution in [3.63, 3.8) is 0 Å². The lowest BCUT2D eigenvalue weighted by atomic mass is 10.2. The van der Waals surface area contributed by atoms with Gasteiger partial charge in [0, 0.05) is 39.8 Å². The molecule has 0 aliphatic carbocycles. The van der Waals surface area contributed by atoms with Gasteiger partial charge in [0.1, 0.15) is 0 Å². The number of nitrogens with one attached hydrogen (secondary N) is 1. The smallest absolute Gasteiger partial charge is 0.0822 e. The topological polar surface area (TPSA) is 24.5 Å². The van der Waals surface area contributed by atoms with Crippen LogP contribution in [0.5, 0.6) is 0 Å². The maximum Gasteiger partial charge on any atom is 0.0822 e. The molecule has 0 bridgehead atoms. The van der Waals surface area contributed by atoms with Gasteiger partial charge < -0.3 is 10.1 Å². The molecule has 1 atom stereocenters. The second-order valence-corrected chi connectivity index (χ2v) is 4.28. The summed E-state index contributed by atoms with van der Waals surface area (Å²) in [6.07, 6.45) is 0.311. The van der Waals surface area contributed by atoms with Crippen LogP contribution < -0.4 is 5.32 Å². The van der Waals surface area contributed by atoms with Gasteiger partial charge in [-0.15, -0.1) is 0 Å². The molecule has 1 aliphatic heterocycles. The second kappa shape index (κ2) is 5.99. The summed E-state index contributed by atoms with van der Waals surface area (Å²) in [5.74, 6) is 0. The number of nitrogens with zero attached hydrogens (tertiary/aromatic N) is 1. The molecule has 0 amide bonds. The monoisotopic (exact) mass is 220 g/mol. The van der Waals surface area contributed by atoms with Crippen LogP contribution in [0.2, 0.25) is 0 Å². The first kappa shape index (κ1) is 11.6. The van der Waals surface area contributed by atoms with E-state index >= 15 is 0 Å². The van der Waals surface area contributed by atoms with Crippen LogP contribution in [-0.4, -0.2) is 44.3 Å². The van der Waals surface area contributed by atoms with Gasteiger partial charge in [0.2, 0.25) is 0 Å². The normalized spacial score (nSPS) is 22.9. The highest BCUT2D eigenvalue weighted by Crippen LogP contribution is 2.07. The van der Waals surface area contributed by atoms with Gasteiger partial charge in [-0.2, -0.15) is 0 Å². The van der Waals surface area contributed by atoms with Crippen molar-refractivity contribution in [2.45, 2.75) is 12.6 Å². The molecule has 0 aromatic heterocycles. The molecule has 1 N–H and O–H groups in total. The largest absolute Gasteiger partial charge is 0.379 e. The molecule has 3 heteroatoms. The van der Waals surface area contributed by atoms with Gasteiger partial charge in [0.05, 0.1) is 6.10 Å². The predicted molar refractivity (Wildman–Crippen MR) is 65.4 cm³/mol. The van der Waals surface area contributed by atoms with Gasteiger partial charge in [0.25, 0.3) is 0 Å². The first-order valence-corrected chi connectivity index (χ1v) is 5.88. The summed E-state index contributed by atoms with van der Waals surface area (Å²) in [7, 11) is 1.79. The van der Waals surface area contributed by atoms with E-state index < -0.39 is 0 Å². The van der Waals surface area contributed by atoms with E-state index in [-0.39, 0.29) is 0 Å². The lowest BCUT2D eigenvalue weighted by Gasteiger charge is -2.22. The number of methoxy groups -OCH3 is 1. The molecule has 0 spiro atoms. The van der Waals surface area contributed by atoms with Crippen LogP contribution in [0.25, 0.3) is 0 Å². The third kappa shape index (κ3) is 3.30. The number of benzene rings is 1. The van der Waals surface area contributed by atoms with Gasteiger partial charge >= 0.3 is 0 Å². The van der Waals surface area contributed by atoms with E-state index in [1.54, 1.807) is 7.11 Å². The summed E-state index contributed by atoms with van der Waals surface area (Å²) in [6, 6.07) is 10.6. The predicted octanol–water partition coefficient (Wildman–Crippen LogP) is 1.11. The Labute approximate surface area is 97.4 Å². The summed E-state index contributed by atoms with van der Waals surface area (Å²) in [5.41, 5.74) is 1.37. The molecule has 1 aromatic carbocycles. The Morgan fingerprint density at radius 3 is 2.94 bits per heavy atom. The van der Waals surface area contributed by atoms with Crippen molar-refractivity contribution < 1.29 is 4.74 Å². The quantitative estimate of drug-likeness (QED) is 0.826. The van der Waals surface area contributed by atoms with Crippen LogP contribution in [0, 0.1) is 0 Å². The molecule has 1 heterocycles. The fourth-order valence-electron chi connectivity index (χ4n) is 2.09. The maximum atomic E-state index is 5.43. The third-order valence-corrected chi connectivity index (χ3v) is 3.02. The zero-order valence-corrected chi connectivity index (χ0v) is 9.86. The molecule has 3 nitrogen and oxygen atoms in total. The van der Waals surface area contributed by atoms with Crippen LogP contribution in [0.4, 0.5) is 0 Å². The van der Waals surface area contributed by atoms with Crippen molar-refractivity contribution in [2.75, 3.05) is 33.3 Å². The molecule has 2 rings (SSSR count). The molecule has 1 fully saturated rings. The average molecular weight is 220 g/mol. The van der Waals surface area contributed by atoms with Crippen LogP contribution in [0.1, 0.15) is 5.56 Å². The summed E-state index contributed by atoms with van der Waals surface area (Å²) in [6.45, 7) is 5.13. The number of ether oxygens (including phenoxy) is 1. The molecule has 1 aliphatic rings. The summed E-state index contributed by atoms with van der Waals surface area (Å²) in [5, 5.41) is 3.40. The molecule has 1 unspecified atom stereocenters. The van der Waals surface area contributed by atoms with E-state index in [0.717, 1.165) is 32.7 Å². The lowest BCUT2D eigenvalue weighted by Crippen LogP contribution is -2.33. The van der Waals surface area contributed by atoms with E-state index in [1.165, 1.54) is 5.56 Å². The van der Waals surface area contributed by atoms with Gasteiger partial charge in [-0.1, -0.05) is 30.3 Å². The maximum absolute atomic E-state index is 5.43. The minimum absolute atomic E-state index is 0.311. The molecular weight excluding hydrogens is 200 g/mol. The zero-order valence-electron chi connectivity index (χ0n) is 9.86. The van der Waals surface area contributed by atoms with Crippen molar-refractivity contribution in [2.24, 2.45) is 0 Å². The summed E-state index contributed by atoms with van der Waals surface area (Å²) >= 11 is 0. The van der Waals surface area contributed by atoms with Crippen molar-refractivity contribution in [3.8, 4) is 0 Å². The highest BCUT2D eigenvalue weighted by molar-refractivity contribution is 5.14. The molecule has 88 valence electrons. The average Bonchev–Trinajstić information content (AvgIpc) is 2.55. The highest BCUT2D eigenvalue weighted by atomic mass is 16.5. The molecular formula is C13H20N2O. The minimum Gasteiger partial charge on any atom is -0.379 e. The third-order valence-electron chi connectivity index (χ3n) is 3.02. The Kier molecular flexibility index (Phi) is 4.34. The molecule has 0 saturated carbocycles. The minimum atomic E-state index is 0.311. The molecule has 0 radical (unpaired) electrons. The highest BCUT2D eigenvalue weighted by Gasteiger charge is 2.16. The number of rotatable bonds is 3. The molecule has 1 saturated heterocycles. The van der Waals surface area contributed by atoms with Crippen LogP contribution in [0.3, 0.4) is 0 Å². The van der Waals surface area contributed by atoms with Crippen molar-refractivity contribution >= 4 is 0 Å². The van der Waals surface area contributed by atoms with Gasteiger partial charge in [-0.05, 0) is 5.56 Å². The van der Waals surface area contributed by atoms with Crippen LogP contribution >= 0.6 is 0 Å². The Balaban J connectivity index is 1.93. The van der Waals surface area contributed by atoms with E-state index in [0.29, 0.717) is 6.10 Å². The van der Waals surface area contributed by atoms with Gasteiger partial charge in [-0.25, -0.2) is 0 Å². The second-order valence-electron chi connectivity index (χ2n) is 4.28. The fourth-order valence-corrected chi connectivity index (χ4v) is 2.09. The van der Waals surface area contributed by atoms with E-state index in [9.17, 15) is 0 Å². The first-order chi connectivity index (χ1) is 7.88. The Hall–Kier alpha value is -0.900. The van der Waals surface area contributed by atoms with E-state index in [1.807, 2.05) is 0 Å². The molecule has 16 heavy (non-hydrogen) atoms.